The fourth-order valence-corrected chi connectivity index (χ4v) is 2.64. The lowest BCUT2D eigenvalue weighted by atomic mass is 9.66. The van der Waals surface area contributed by atoms with Crippen LogP contribution in [0.15, 0.2) is 18.2 Å². The number of nitrogens with zero attached hydrogens (tertiary/aromatic N) is 1. The van der Waals surface area contributed by atoms with Gasteiger partial charge in [-0.15, -0.1) is 0 Å². The Bertz CT molecular complexity index is 463. The number of aliphatic hydroxyl groups is 1. The van der Waals surface area contributed by atoms with Crippen LogP contribution in [0.2, 0.25) is 5.02 Å². The van der Waals surface area contributed by atoms with Crippen LogP contribution in [0.3, 0.4) is 0 Å². The molecule has 2 rings (SSSR count). The molecule has 3 nitrogen and oxygen atoms in total. The second kappa shape index (κ2) is 5.60. The summed E-state index contributed by atoms with van der Waals surface area (Å²) in [5.41, 5.74) is 1.59. The molecule has 1 aromatic rings. The van der Waals surface area contributed by atoms with Crippen molar-refractivity contribution < 1.29 is 5.11 Å². The van der Waals surface area contributed by atoms with Crippen molar-refractivity contribution in [2.45, 2.75) is 25.7 Å². The van der Waals surface area contributed by atoms with Crippen LogP contribution in [0.5, 0.6) is 0 Å². The fourth-order valence-electron chi connectivity index (χ4n) is 2.47. The molecule has 0 atom stereocenters. The van der Waals surface area contributed by atoms with Gasteiger partial charge in [-0.2, -0.15) is 5.26 Å². The number of nitriles is 1. The first-order valence-electron chi connectivity index (χ1n) is 6.23. The van der Waals surface area contributed by atoms with E-state index in [0.717, 1.165) is 31.5 Å². The molecule has 18 heavy (non-hydrogen) atoms. The van der Waals surface area contributed by atoms with E-state index in [-0.39, 0.29) is 12.0 Å². The molecule has 0 aliphatic heterocycles. The summed E-state index contributed by atoms with van der Waals surface area (Å²) >= 11 is 5.94. The van der Waals surface area contributed by atoms with Gasteiger partial charge < -0.3 is 10.4 Å². The highest BCUT2D eigenvalue weighted by molar-refractivity contribution is 6.30. The summed E-state index contributed by atoms with van der Waals surface area (Å²) in [6, 6.07) is 7.39. The highest BCUT2D eigenvalue weighted by Crippen LogP contribution is 2.43. The van der Waals surface area contributed by atoms with Gasteiger partial charge in [0.2, 0.25) is 0 Å². The average molecular weight is 265 g/mol. The van der Waals surface area contributed by atoms with Gasteiger partial charge in [0.05, 0.1) is 11.3 Å². The molecule has 0 heterocycles. The van der Waals surface area contributed by atoms with Gasteiger partial charge in [-0.1, -0.05) is 18.0 Å². The second-order valence-corrected chi connectivity index (χ2v) is 5.42. The minimum absolute atomic E-state index is 0.198. The van der Waals surface area contributed by atoms with Gasteiger partial charge in [0.15, 0.2) is 0 Å². The van der Waals surface area contributed by atoms with E-state index in [9.17, 15) is 0 Å². The zero-order valence-corrected chi connectivity index (χ0v) is 11.0. The zero-order chi connectivity index (χ0) is 13.0. The van der Waals surface area contributed by atoms with Crippen LogP contribution >= 0.6 is 11.6 Å². The first-order chi connectivity index (χ1) is 8.69. The lowest BCUT2D eigenvalue weighted by molar-refractivity contribution is 0.102. The van der Waals surface area contributed by atoms with Crippen molar-refractivity contribution in [3.8, 4) is 6.07 Å². The van der Waals surface area contributed by atoms with Crippen LogP contribution < -0.4 is 5.32 Å². The maximum atomic E-state index is 9.11. The van der Waals surface area contributed by atoms with Crippen molar-refractivity contribution in [1.29, 1.82) is 5.26 Å². The number of hydrogen-bond donors (Lipinski definition) is 2. The van der Waals surface area contributed by atoms with Crippen LogP contribution in [-0.4, -0.2) is 18.3 Å². The molecule has 0 unspecified atom stereocenters. The van der Waals surface area contributed by atoms with Crippen LogP contribution in [0.25, 0.3) is 0 Å². The predicted octanol–water partition coefficient (Wildman–Crippen LogP) is 3.18. The van der Waals surface area contributed by atoms with E-state index in [0.29, 0.717) is 10.6 Å². The quantitative estimate of drug-likeness (QED) is 0.859. The molecule has 1 aliphatic rings. The van der Waals surface area contributed by atoms with E-state index in [1.807, 2.05) is 0 Å². The molecule has 0 spiro atoms. The minimum atomic E-state index is 0.198. The van der Waals surface area contributed by atoms with E-state index in [1.165, 1.54) is 6.42 Å². The molecule has 1 saturated carbocycles. The molecule has 0 aromatic heterocycles. The number of anilines is 1. The summed E-state index contributed by atoms with van der Waals surface area (Å²) in [6.07, 6.45) is 4.33. The summed E-state index contributed by atoms with van der Waals surface area (Å²) in [5, 5.41) is 22.1. The zero-order valence-electron chi connectivity index (χ0n) is 10.2. The third-order valence-corrected chi connectivity index (χ3v) is 4.05. The van der Waals surface area contributed by atoms with Crippen molar-refractivity contribution >= 4 is 17.3 Å². The van der Waals surface area contributed by atoms with Gasteiger partial charge in [-0.3, -0.25) is 0 Å². The Labute approximate surface area is 112 Å². The summed E-state index contributed by atoms with van der Waals surface area (Å²) in [6.45, 7) is 1.02. The van der Waals surface area contributed by atoms with Gasteiger partial charge in [0.1, 0.15) is 6.07 Å². The van der Waals surface area contributed by atoms with Crippen LogP contribution in [-0.2, 0) is 0 Å². The monoisotopic (exact) mass is 264 g/mol. The second-order valence-electron chi connectivity index (χ2n) is 4.98. The summed E-state index contributed by atoms with van der Waals surface area (Å²) in [4.78, 5) is 0. The third kappa shape index (κ3) is 2.77. The lowest BCUT2D eigenvalue weighted by Gasteiger charge is -2.42. The number of hydrogen-bond acceptors (Lipinski definition) is 3. The van der Waals surface area contributed by atoms with Gasteiger partial charge in [-0.05, 0) is 42.9 Å². The van der Waals surface area contributed by atoms with Crippen molar-refractivity contribution in [2.75, 3.05) is 18.5 Å². The van der Waals surface area contributed by atoms with E-state index in [1.54, 1.807) is 18.2 Å². The molecular formula is C14H17ClN2O. The highest BCUT2D eigenvalue weighted by atomic mass is 35.5. The van der Waals surface area contributed by atoms with Crippen LogP contribution in [0.1, 0.15) is 31.2 Å². The van der Waals surface area contributed by atoms with E-state index < -0.39 is 0 Å². The maximum Gasteiger partial charge on any atom is 0.101 e. The topological polar surface area (TPSA) is 56.0 Å². The van der Waals surface area contributed by atoms with E-state index in [2.05, 4.69) is 11.4 Å². The molecule has 1 aliphatic carbocycles. The number of aliphatic hydroxyl groups excluding tert-OH is 1. The van der Waals surface area contributed by atoms with Crippen molar-refractivity contribution in [3.63, 3.8) is 0 Å². The third-order valence-electron chi connectivity index (χ3n) is 3.81. The fraction of sp³-hybridized carbons (Fsp3) is 0.500. The molecular weight excluding hydrogens is 248 g/mol. The molecule has 0 saturated heterocycles. The number of rotatable bonds is 5. The first kappa shape index (κ1) is 13.2. The van der Waals surface area contributed by atoms with Crippen LogP contribution in [0, 0.1) is 16.7 Å². The standard InChI is InChI=1S/C14H17ClN2O/c15-12-3-2-11(9-16)13(8-12)17-10-14(6-7-18)4-1-5-14/h2-3,8,17-18H,1,4-7,10H2. The number of halogens is 1. The summed E-state index contributed by atoms with van der Waals surface area (Å²) < 4.78 is 0. The highest BCUT2D eigenvalue weighted by Gasteiger charge is 2.36. The average Bonchev–Trinajstić information content (AvgIpc) is 2.32. The number of nitrogens with one attached hydrogen (secondary N) is 1. The summed E-state index contributed by atoms with van der Waals surface area (Å²) in [7, 11) is 0. The molecule has 96 valence electrons. The first-order valence-corrected chi connectivity index (χ1v) is 6.61. The van der Waals surface area contributed by atoms with Gasteiger partial charge in [-0.25, -0.2) is 0 Å². The Morgan fingerprint density at radius 2 is 2.22 bits per heavy atom. The van der Waals surface area contributed by atoms with Gasteiger partial charge in [0, 0.05) is 18.2 Å². The van der Waals surface area contributed by atoms with Gasteiger partial charge in [0.25, 0.3) is 0 Å². The van der Waals surface area contributed by atoms with Crippen molar-refractivity contribution in [3.05, 3.63) is 28.8 Å². The van der Waals surface area contributed by atoms with Crippen molar-refractivity contribution in [2.24, 2.45) is 5.41 Å². The van der Waals surface area contributed by atoms with E-state index in [4.69, 9.17) is 22.0 Å². The number of benzene rings is 1. The molecule has 1 aromatic carbocycles. The smallest absolute Gasteiger partial charge is 0.101 e. The van der Waals surface area contributed by atoms with Crippen molar-refractivity contribution in [1.82, 2.24) is 0 Å². The SMILES string of the molecule is N#Cc1ccc(Cl)cc1NCC1(CCO)CCC1. The Morgan fingerprint density at radius 3 is 2.78 bits per heavy atom. The molecule has 4 heteroatoms. The summed E-state index contributed by atoms with van der Waals surface area (Å²) in [5.74, 6) is 0. The molecule has 1 fully saturated rings. The Balaban J connectivity index is 2.05. The molecule has 0 amide bonds. The molecule has 0 bridgehead atoms. The Hall–Kier alpha value is -1.24. The Kier molecular flexibility index (Phi) is 4.11. The van der Waals surface area contributed by atoms with Gasteiger partial charge >= 0.3 is 0 Å². The van der Waals surface area contributed by atoms with Crippen LogP contribution in [0.4, 0.5) is 5.69 Å². The predicted molar refractivity (Wildman–Crippen MR) is 72.6 cm³/mol. The Morgan fingerprint density at radius 1 is 1.44 bits per heavy atom. The lowest BCUT2D eigenvalue weighted by Crippen LogP contribution is -2.37. The van der Waals surface area contributed by atoms with E-state index >= 15 is 0 Å². The normalized spacial score (nSPS) is 16.7. The molecule has 0 radical (unpaired) electrons. The molecule has 2 N–H and O–H groups in total. The maximum absolute atomic E-state index is 9.11. The minimum Gasteiger partial charge on any atom is -0.396 e. The largest absolute Gasteiger partial charge is 0.396 e.